The molecule has 1 heterocycles. The van der Waals surface area contributed by atoms with E-state index in [0.717, 1.165) is 11.9 Å². The average molecular weight is 273 g/mol. The summed E-state index contributed by atoms with van der Waals surface area (Å²) < 4.78 is 0. The Morgan fingerprint density at radius 2 is 1.89 bits per heavy atom. The van der Waals surface area contributed by atoms with Crippen molar-refractivity contribution in [3.63, 3.8) is 0 Å². The highest BCUT2D eigenvalue weighted by Crippen LogP contribution is 2.25. The minimum atomic E-state index is 0.685. The molecular weight excluding hydrogens is 244 g/mol. The molecule has 1 aliphatic carbocycles. The molecule has 3 unspecified atom stereocenters. The summed E-state index contributed by atoms with van der Waals surface area (Å²) in [5.74, 6) is 1.55. The molecule has 1 aliphatic heterocycles. The molecular formula is C15H29ClN2. The van der Waals surface area contributed by atoms with E-state index in [1.54, 1.807) is 0 Å². The fourth-order valence-corrected chi connectivity index (χ4v) is 3.97. The number of piperidine rings is 1. The maximum atomic E-state index is 6.08. The number of nitrogens with zero attached hydrogens (tertiary/aromatic N) is 1. The van der Waals surface area contributed by atoms with Crippen LogP contribution in [-0.4, -0.2) is 43.0 Å². The maximum Gasteiger partial charge on any atom is 0.0266 e. The van der Waals surface area contributed by atoms with Crippen LogP contribution < -0.4 is 5.32 Å². The second-order valence-electron chi connectivity index (χ2n) is 6.18. The molecule has 2 aliphatic rings. The fourth-order valence-electron chi connectivity index (χ4n) is 3.61. The summed E-state index contributed by atoms with van der Waals surface area (Å²) in [4.78, 5) is 2.55. The highest BCUT2D eigenvalue weighted by atomic mass is 35.5. The Morgan fingerprint density at radius 1 is 1.11 bits per heavy atom. The SMILES string of the molecule is CN1CCCCC1CCNC1CCCCC1CCl. The molecule has 0 aromatic rings. The van der Waals surface area contributed by atoms with Crippen molar-refractivity contribution in [1.29, 1.82) is 0 Å². The van der Waals surface area contributed by atoms with Crippen molar-refractivity contribution >= 4 is 11.6 Å². The molecule has 2 nitrogen and oxygen atoms in total. The molecule has 0 aromatic carbocycles. The third kappa shape index (κ3) is 4.11. The van der Waals surface area contributed by atoms with Gasteiger partial charge in [0, 0.05) is 18.0 Å². The van der Waals surface area contributed by atoms with E-state index in [4.69, 9.17) is 11.6 Å². The average Bonchev–Trinajstić information content (AvgIpc) is 2.41. The van der Waals surface area contributed by atoms with Crippen molar-refractivity contribution in [3.05, 3.63) is 0 Å². The second kappa shape index (κ2) is 7.72. The lowest BCUT2D eigenvalue weighted by Gasteiger charge is -2.34. The monoisotopic (exact) mass is 272 g/mol. The third-order valence-corrected chi connectivity index (χ3v) is 5.31. The summed E-state index contributed by atoms with van der Waals surface area (Å²) in [7, 11) is 2.28. The minimum absolute atomic E-state index is 0.685. The number of alkyl halides is 1. The number of rotatable bonds is 5. The van der Waals surface area contributed by atoms with Gasteiger partial charge in [0.2, 0.25) is 0 Å². The van der Waals surface area contributed by atoms with Crippen LogP contribution in [0.3, 0.4) is 0 Å². The summed E-state index contributed by atoms with van der Waals surface area (Å²) in [6.45, 7) is 2.46. The molecule has 0 spiro atoms. The molecule has 0 radical (unpaired) electrons. The van der Waals surface area contributed by atoms with Gasteiger partial charge in [-0.15, -0.1) is 11.6 Å². The zero-order valence-electron chi connectivity index (χ0n) is 11.8. The molecule has 1 N–H and O–H groups in total. The van der Waals surface area contributed by atoms with Gasteiger partial charge in [-0.05, 0) is 58.2 Å². The van der Waals surface area contributed by atoms with Gasteiger partial charge < -0.3 is 10.2 Å². The van der Waals surface area contributed by atoms with Crippen molar-refractivity contribution in [2.45, 2.75) is 63.5 Å². The molecule has 1 saturated heterocycles. The Morgan fingerprint density at radius 3 is 2.67 bits per heavy atom. The molecule has 2 fully saturated rings. The molecule has 18 heavy (non-hydrogen) atoms. The van der Waals surface area contributed by atoms with Crippen molar-refractivity contribution in [2.24, 2.45) is 5.92 Å². The molecule has 3 atom stereocenters. The van der Waals surface area contributed by atoms with Crippen LogP contribution in [0.5, 0.6) is 0 Å². The molecule has 0 aromatic heterocycles. The molecule has 106 valence electrons. The maximum absolute atomic E-state index is 6.08. The largest absolute Gasteiger partial charge is 0.314 e. The Bertz CT molecular complexity index is 235. The van der Waals surface area contributed by atoms with Crippen LogP contribution in [-0.2, 0) is 0 Å². The first-order valence-corrected chi connectivity index (χ1v) is 8.34. The van der Waals surface area contributed by atoms with E-state index in [1.165, 1.54) is 64.5 Å². The van der Waals surface area contributed by atoms with Crippen LogP contribution in [0.2, 0.25) is 0 Å². The lowest BCUT2D eigenvalue weighted by molar-refractivity contribution is 0.171. The van der Waals surface area contributed by atoms with E-state index in [2.05, 4.69) is 17.3 Å². The fraction of sp³-hybridized carbons (Fsp3) is 1.00. The Balaban J connectivity index is 1.67. The van der Waals surface area contributed by atoms with Crippen LogP contribution in [0.4, 0.5) is 0 Å². The van der Waals surface area contributed by atoms with Gasteiger partial charge >= 0.3 is 0 Å². The first-order chi connectivity index (χ1) is 8.81. The lowest BCUT2D eigenvalue weighted by atomic mass is 9.85. The van der Waals surface area contributed by atoms with Gasteiger partial charge in [0.25, 0.3) is 0 Å². The number of likely N-dealkylation sites (tertiary alicyclic amines) is 1. The number of hydrogen-bond acceptors (Lipinski definition) is 2. The Hall–Kier alpha value is 0.210. The normalized spacial score (nSPS) is 34.7. The Labute approximate surface area is 117 Å². The number of halogens is 1. The number of hydrogen-bond donors (Lipinski definition) is 1. The van der Waals surface area contributed by atoms with Crippen LogP contribution >= 0.6 is 11.6 Å². The van der Waals surface area contributed by atoms with E-state index in [-0.39, 0.29) is 0 Å². The highest BCUT2D eigenvalue weighted by Gasteiger charge is 2.24. The topological polar surface area (TPSA) is 15.3 Å². The van der Waals surface area contributed by atoms with Crippen molar-refractivity contribution in [2.75, 3.05) is 26.0 Å². The summed E-state index contributed by atoms with van der Waals surface area (Å²) in [5, 5.41) is 3.78. The standard InChI is InChI=1S/C15H29ClN2/c1-18-11-5-4-7-14(18)9-10-17-15-8-3-2-6-13(15)12-16/h13-15,17H,2-12H2,1H3. The van der Waals surface area contributed by atoms with Gasteiger partial charge in [0.05, 0.1) is 0 Å². The predicted octanol–water partition coefficient (Wildman–Crippen LogP) is 3.25. The van der Waals surface area contributed by atoms with E-state index in [9.17, 15) is 0 Å². The Kier molecular flexibility index (Phi) is 6.26. The molecule has 3 heteroatoms. The first-order valence-electron chi connectivity index (χ1n) is 7.81. The summed E-state index contributed by atoms with van der Waals surface area (Å²) >= 11 is 6.08. The van der Waals surface area contributed by atoms with Crippen molar-refractivity contribution < 1.29 is 0 Å². The predicted molar refractivity (Wildman–Crippen MR) is 79.4 cm³/mol. The molecule has 2 rings (SSSR count). The van der Waals surface area contributed by atoms with Gasteiger partial charge in [0.1, 0.15) is 0 Å². The number of nitrogens with one attached hydrogen (secondary N) is 1. The van der Waals surface area contributed by atoms with Crippen molar-refractivity contribution in [1.82, 2.24) is 10.2 Å². The van der Waals surface area contributed by atoms with Gasteiger partial charge in [-0.25, -0.2) is 0 Å². The lowest BCUT2D eigenvalue weighted by Crippen LogP contribution is -2.43. The zero-order valence-corrected chi connectivity index (χ0v) is 12.6. The van der Waals surface area contributed by atoms with Crippen LogP contribution in [0.1, 0.15) is 51.4 Å². The van der Waals surface area contributed by atoms with Crippen LogP contribution in [0.25, 0.3) is 0 Å². The summed E-state index contributed by atoms with van der Waals surface area (Å²) in [6.07, 6.45) is 10.9. The smallest absolute Gasteiger partial charge is 0.0266 e. The van der Waals surface area contributed by atoms with Gasteiger partial charge in [0.15, 0.2) is 0 Å². The van der Waals surface area contributed by atoms with Gasteiger partial charge in [-0.1, -0.05) is 19.3 Å². The molecule has 1 saturated carbocycles. The van der Waals surface area contributed by atoms with E-state index in [0.29, 0.717) is 12.0 Å². The van der Waals surface area contributed by atoms with Gasteiger partial charge in [-0.2, -0.15) is 0 Å². The first kappa shape index (κ1) is 14.6. The summed E-state index contributed by atoms with van der Waals surface area (Å²) in [6, 6.07) is 1.49. The minimum Gasteiger partial charge on any atom is -0.314 e. The summed E-state index contributed by atoms with van der Waals surface area (Å²) in [5.41, 5.74) is 0. The zero-order chi connectivity index (χ0) is 12.8. The van der Waals surface area contributed by atoms with Crippen molar-refractivity contribution in [3.8, 4) is 0 Å². The van der Waals surface area contributed by atoms with Crippen LogP contribution in [0, 0.1) is 5.92 Å². The van der Waals surface area contributed by atoms with E-state index in [1.807, 2.05) is 0 Å². The highest BCUT2D eigenvalue weighted by molar-refractivity contribution is 6.18. The molecule has 0 amide bonds. The third-order valence-electron chi connectivity index (χ3n) is 4.91. The van der Waals surface area contributed by atoms with Gasteiger partial charge in [-0.3, -0.25) is 0 Å². The quantitative estimate of drug-likeness (QED) is 0.773. The van der Waals surface area contributed by atoms with E-state index < -0.39 is 0 Å². The second-order valence-corrected chi connectivity index (χ2v) is 6.49. The van der Waals surface area contributed by atoms with Crippen LogP contribution in [0.15, 0.2) is 0 Å². The molecule has 0 bridgehead atoms. The van der Waals surface area contributed by atoms with E-state index >= 15 is 0 Å².